The van der Waals surface area contributed by atoms with Gasteiger partial charge in [0.1, 0.15) is 4.90 Å². The molecule has 0 saturated carbocycles. The zero-order valence-electron chi connectivity index (χ0n) is 10.1. The normalized spacial score (nSPS) is 11.8. The van der Waals surface area contributed by atoms with E-state index in [1.165, 1.54) is 11.3 Å². The fourth-order valence-corrected chi connectivity index (χ4v) is 5.11. The Labute approximate surface area is 118 Å². The second kappa shape index (κ2) is 4.67. The summed E-state index contributed by atoms with van der Waals surface area (Å²) in [5.41, 5.74) is 1.15. The summed E-state index contributed by atoms with van der Waals surface area (Å²) in [4.78, 5) is 1.04. The van der Waals surface area contributed by atoms with Crippen molar-refractivity contribution in [3.05, 3.63) is 26.6 Å². The van der Waals surface area contributed by atoms with Gasteiger partial charge in [-0.1, -0.05) is 0 Å². The third-order valence-electron chi connectivity index (χ3n) is 2.39. The molecule has 98 valence electrons. The second-order valence-electron chi connectivity index (χ2n) is 3.88. The summed E-state index contributed by atoms with van der Waals surface area (Å²) in [6.45, 7) is 3.54. The van der Waals surface area contributed by atoms with E-state index in [1.54, 1.807) is 37.8 Å². The Bertz CT molecular complexity index is 688. The molecule has 0 unspecified atom stereocenters. The Kier molecular flexibility index (Phi) is 3.52. The number of aromatic nitrogens is 2. The molecule has 2 aromatic heterocycles. The molecule has 0 radical (unpaired) electrons. The van der Waals surface area contributed by atoms with Crippen molar-refractivity contribution in [2.45, 2.75) is 18.7 Å². The number of nitrogens with one attached hydrogen (secondary N) is 1. The van der Waals surface area contributed by atoms with Crippen LogP contribution in [0.5, 0.6) is 0 Å². The average Bonchev–Trinajstić information content (AvgIpc) is 2.70. The lowest BCUT2D eigenvalue weighted by Crippen LogP contribution is -2.13. The molecule has 0 bridgehead atoms. The van der Waals surface area contributed by atoms with Crippen LogP contribution in [-0.4, -0.2) is 18.2 Å². The molecule has 0 spiro atoms. The van der Waals surface area contributed by atoms with Crippen LogP contribution in [0.1, 0.15) is 10.6 Å². The van der Waals surface area contributed by atoms with Crippen LogP contribution in [0.15, 0.2) is 20.9 Å². The van der Waals surface area contributed by atoms with E-state index in [0.29, 0.717) is 16.3 Å². The van der Waals surface area contributed by atoms with Crippen LogP contribution in [0.3, 0.4) is 0 Å². The summed E-state index contributed by atoms with van der Waals surface area (Å²) in [6.07, 6.45) is 1.64. The van der Waals surface area contributed by atoms with E-state index in [1.807, 2.05) is 0 Å². The minimum absolute atomic E-state index is 0.294. The third kappa shape index (κ3) is 2.60. The van der Waals surface area contributed by atoms with Crippen molar-refractivity contribution in [1.82, 2.24) is 9.78 Å². The van der Waals surface area contributed by atoms with Gasteiger partial charge >= 0.3 is 0 Å². The van der Waals surface area contributed by atoms with Gasteiger partial charge in [0.25, 0.3) is 10.0 Å². The maximum absolute atomic E-state index is 12.2. The summed E-state index contributed by atoms with van der Waals surface area (Å²) in [5.74, 6) is 0. The molecule has 0 aliphatic rings. The van der Waals surface area contributed by atoms with E-state index in [0.717, 1.165) is 8.66 Å². The first-order valence-electron chi connectivity index (χ1n) is 5.08. The van der Waals surface area contributed by atoms with Gasteiger partial charge in [-0.2, -0.15) is 5.10 Å². The van der Waals surface area contributed by atoms with Crippen molar-refractivity contribution in [2.24, 2.45) is 7.05 Å². The highest BCUT2D eigenvalue weighted by molar-refractivity contribution is 9.11. The molecule has 0 saturated heterocycles. The van der Waals surface area contributed by atoms with Gasteiger partial charge in [0.15, 0.2) is 0 Å². The van der Waals surface area contributed by atoms with Crippen LogP contribution in [0.4, 0.5) is 5.69 Å². The van der Waals surface area contributed by atoms with Crippen LogP contribution < -0.4 is 4.72 Å². The lowest BCUT2D eigenvalue weighted by Gasteiger charge is -2.05. The highest BCUT2D eigenvalue weighted by Crippen LogP contribution is 2.31. The predicted octanol–water partition coefficient (Wildman–Crippen LogP) is 2.66. The Morgan fingerprint density at radius 2 is 2.11 bits per heavy atom. The Morgan fingerprint density at radius 1 is 1.44 bits per heavy atom. The average molecular weight is 350 g/mol. The van der Waals surface area contributed by atoms with Gasteiger partial charge in [-0.3, -0.25) is 9.40 Å². The van der Waals surface area contributed by atoms with Crippen LogP contribution >= 0.6 is 27.3 Å². The number of sulfonamides is 1. The third-order valence-corrected chi connectivity index (χ3v) is 5.56. The zero-order chi connectivity index (χ0) is 13.5. The molecule has 5 nitrogen and oxygen atoms in total. The van der Waals surface area contributed by atoms with E-state index >= 15 is 0 Å². The SMILES string of the molecule is Cc1nn(C)cc1NS(=O)(=O)c1cc(Br)sc1C. The zero-order valence-corrected chi connectivity index (χ0v) is 13.3. The van der Waals surface area contributed by atoms with Crippen LogP contribution in [0.2, 0.25) is 0 Å². The molecule has 0 aromatic carbocycles. The number of rotatable bonds is 3. The Hall–Kier alpha value is -0.860. The molecule has 2 heterocycles. The molecular formula is C10H12BrN3O2S2. The van der Waals surface area contributed by atoms with Crippen molar-refractivity contribution in [3.63, 3.8) is 0 Å². The number of nitrogens with zero attached hydrogens (tertiary/aromatic N) is 2. The molecule has 0 atom stereocenters. The van der Waals surface area contributed by atoms with Gasteiger partial charge in [0.2, 0.25) is 0 Å². The topological polar surface area (TPSA) is 64.0 Å². The Balaban J connectivity index is 2.39. The first-order valence-corrected chi connectivity index (χ1v) is 8.18. The maximum atomic E-state index is 12.2. The van der Waals surface area contributed by atoms with Crippen molar-refractivity contribution < 1.29 is 8.42 Å². The number of halogens is 1. The van der Waals surface area contributed by atoms with Gasteiger partial charge < -0.3 is 0 Å². The number of anilines is 1. The number of thiophene rings is 1. The molecule has 0 fully saturated rings. The standard InChI is InChI=1S/C10H12BrN3O2S2/c1-6-8(5-14(3)12-6)13-18(15,16)9-4-10(11)17-7(9)2/h4-5,13H,1-3H3. The fraction of sp³-hybridized carbons (Fsp3) is 0.300. The molecule has 18 heavy (non-hydrogen) atoms. The molecule has 0 aliphatic carbocycles. The van der Waals surface area contributed by atoms with Crippen molar-refractivity contribution >= 4 is 43.0 Å². The van der Waals surface area contributed by atoms with Gasteiger partial charge in [0.05, 0.1) is 15.2 Å². The summed E-state index contributed by atoms with van der Waals surface area (Å²) in [7, 11) is -1.81. The molecule has 1 N–H and O–H groups in total. The van der Waals surface area contributed by atoms with E-state index in [2.05, 4.69) is 25.8 Å². The van der Waals surface area contributed by atoms with E-state index in [9.17, 15) is 8.42 Å². The van der Waals surface area contributed by atoms with Crippen molar-refractivity contribution in [3.8, 4) is 0 Å². The van der Waals surface area contributed by atoms with Gasteiger partial charge in [-0.25, -0.2) is 8.42 Å². The van der Waals surface area contributed by atoms with E-state index < -0.39 is 10.0 Å². The highest BCUT2D eigenvalue weighted by atomic mass is 79.9. The molecular weight excluding hydrogens is 338 g/mol. The lowest BCUT2D eigenvalue weighted by atomic mass is 10.4. The largest absolute Gasteiger partial charge is 0.276 e. The molecule has 0 amide bonds. The number of hydrogen-bond acceptors (Lipinski definition) is 4. The van der Waals surface area contributed by atoms with Gasteiger partial charge in [0, 0.05) is 18.1 Å². The summed E-state index contributed by atoms with van der Waals surface area (Å²) >= 11 is 4.68. The predicted molar refractivity (Wildman–Crippen MR) is 75.5 cm³/mol. The van der Waals surface area contributed by atoms with Crippen molar-refractivity contribution in [2.75, 3.05) is 4.72 Å². The van der Waals surface area contributed by atoms with Crippen LogP contribution in [0, 0.1) is 13.8 Å². The van der Waals surface area contributed by atoms with E-state index in [4.69, 9.17) is 0 Å². The van der Waals surface area contributed by atoms with Gasteiger partial charge in [-0.05, 0) is 35.8 Å². The quantitative estimate of drug-likeness (QED) is 0.926. The first kappa shape index (κ1) is 13.6. The van der Waals surface area contributed by atoms with Gasteiger partial charge in [-0.15, -0.1) is 11.3 Å². The molecule has 8 heteroatoms. The van der Waals surface area contributed by atoms with Crippen LogP contribution in [0.25, 0.3) is 0 Å². The first-order chi connectivity index (χ1) is 8.29. The summed E-state index contributed by atoms with van der Waals surface area (Å²) < 4.78 is 29.4. The van der Waals surface area contributed by atoms with Crippen molar-refractivity contribution in [1.29, 1.82) is 0 Å². The highest BCUT2D eigenvalue weighted by Gasteiger charge is 2.21. The number of aryl methyl sites for hydroxylation is 3. The monoisotopic (exact) mass is 349 g/mol. The summed E-state index contributed by atoms with van der Waals surface area (Å²) in [6, 6.07) is 1.61. The molecule has 2 rings (SSSR count). The fourth-order valence-electron chi connectivity index (χ4n) is 1.60. The molecule has 2 aromatic rings. The summed E-state index contributed by atoms with van der Waals surface area (Å²) in [5, 5.41) is 4.10. The smallest absolute Gasteiger partial charge is 0.263 e. The second-order valence-corrected chi connectivity index (χ2v) is 8.16. The Morgan fingerprint density at radius 3 is 2.56 bits per heavy atom. The van der Waals surface area contributed by atoms with E-state index in [-0.39, 0.29) is 0 Å². The lowest BCUT2D eigenvalue weighted by molar-refractivity contribution is 0.601. The van der Waals surface area contributed by atoms with Crippen LogP contribution in [-0.2, 0) is 17.1 Å². The molecule has 0 aliphatic heterocycles. The number of hydrogen-bond donors (Lipinski definition) is 1. The minimum atomic E-state index is -3.56. The minimum Gasteiger partial charge on any atom is -0.276 e. The maximum Gasteiger partial charge on any atom is 0.263 e.